The summed E-state index contributed by atoms with van der Waals surface area (Å²) in [5.41, 5.74) is 2.70. The van der Waals surface area contributed by atoms with E-state index >= 15 is 0 Å². The molecule has 0 aromatic heterocycles. The Morgan fingerprint density at radius 3 is 2.44 bits per heavy atom. The summed E-state index contributed by atoms with van der Waals surface area (Å²) in [6.07, 6.45) is 3.63. The number of nitrogens with one attached hydrogen (secondary N) is 1. The van der Waals surface area contributed by atoms with Gasteiger partial charge >= 0.3 is 0 Å². The van der Waals surface area contributed by atoms with Crippen molar-refractivity contribution >= 4 is 0 Å². The van der Waals surface area contributed by atoms with Crippen LogP contribution in [0.1, 0.15) is 50.3 Å². The van der Waals surface area contributed by atoms with Crippen molar-refractivity contribution in [2.45, 2.75) is 52.2 Å². The van der Waals surface area contributed by atoms with Gasteiger partial charge in [-0.1, -0.05) is 44.5 Å². The average Bonchev–Trinajstić information content (AvgIpc) is 2.39. The summed E-state index contributed by atoms with van der Waals surface area (Å²) in [6, 6.07) is 8.90. The minimum Gasteiger partial charge on any atom is -0.379 e. The third kappa shape index (κ3) is 4.11. The molecule has 2 unspecified atom stereocenters. The predicted molar refractivity (Wildman–Crippen MR) is 77.9 cm³/mol. The molecule has 2 nitrogen and oxygen atoms in total. The smallest absolute Gasteiger partial charge is 0.0765 e. The van der Waals surface area contributed by atoms with Gasteiger partial charge in [-0.3, -0.25) is 0 Å². The molecule has 0 bridgehead atoms. The monoisotopic (exact) mass is 249 g/mol. The molecule has 1 aromatic carbocycles. The van der Waals surface area contributed by atoms with Gasteiger partial charge in [-0.2, -0.15) is 0 Å². The number of aryl methyl sites for hydroxylation is 1. The van der Waals surface area contributed by atoms with Gasteiger partial charge in [0.05, 0.1) is 12.1 Å². The molecule has 1 N–H and O–H groups in total. The molecule has 0 radical (unpaired) electrons. The molecular weight excluding hydrogens is 222 g/mol. The zero-order chi connectivity index (χ0) is 13.4. The second-order valence-corrected chi connectivity index (χ2v) is 4.85. The lowest BCUT2D eigenvalue weighted by molar-refractivity contribution is 0.0604. The van der Waals surface area contributed by atoms with E-state index in [9.17, 15) is 0 Å². The average molecular weight is 249 g/mol. The van der Waals surface area contributed by atoms with Crippen LogP contribution >= 0.6 is 0 Å². The molecule has 18 heavy (non-hydrogen) atoms. The minimum atomic E-state index is 0.252. The molecule has 0 aliphatic carbocycles. The molecule has 0 saturated heterocycles. The lowest BCUT2D eigenvalue weighted by Gasteiger charge is -2.28. The molecule has 2 atom stereocenters. The standard InChI is InChI=1S/C16H27NO/c1-5-9-15(18-4)16(17-12-6-2)14-11-8-7-10-13(14)3/h7-8,10-11,15-17H,5-6,9,12H2,1-4H3. The highest BCUT2D eigenvalue weighted by Crippen LogP contribution is 2.25. The van der Waals surface area contributed by atoms with Gasteiger partial charge in [0.15, 0.2) is 0 Å². The molecule has 0 spiro atoms. The maximum Gasteiger partial charge on any atom is 0.0765 e. The Kier molecular flexibility index (Phi) is 6.99. The zero-order valence-corrected chi connectivity index (χ0v) is 12.2. The van der Waals surface area contributed by atoms with Crippen LogP contribution in [-0.4, -0.2) is 19.8 Å². The fourth-order valence-electron chi connectivity index (χ4n) is 2.38. The molecule has 2 heteroatoms. The van der Waals surface area contributed by atoms with Crippen molar-refractivity contribution in [2.75, 3.05) is 13.7 Å². The predicted octanol–water partition coefficient (Wildman–Crippen LogP) is 3.85. The highest BCUT2D eigenvalue weighted by Gasteiger charge is 2.22. The second kappa shape index (κ2) is 8.28. The first-order chi connectivity index (χ1) is 8.74. The fourth-order valence-corrected chi connectivity index (χ4v) is 2.38. The van der Waals surface area contributed by atoms with Crippen molar-refractivity contribution in [1.82, 2.24) is 5.32 Å². The summed E-state index contributed by atoms with van der Waals surface area (Å²) in [4.78, 5) is 0. The quantitative estimate of drug-likeness (QED) is 0.755. The third-order valence-electron chi connectivity index (χ3n) is 3.39. The molecule has 1 aromatic rings. The van der Waals surface area contributed by atoms with Gasteiger partial charge in [0.1, 0.15) is 0 Å². The lowest BCUT2D eigenvalue weighted by atomic mass is 9.94. The normalized spacial score (nSPS) is 14.4. The molecule has 0 fully saturated rings. The van der Waals surface area contributed by atoms with Gasteiger partial charge < -0.3 is 10.1 Å². The van der Waals surface area contributed by atoms with Crippen molar-refractivity contribution in [3.63, 3.8) is 0 Å². The van der Waals surface area contributed by atoms with E-state index in [-0.39, 0.29) is 6.10 Å². The minimum absolute atomic E-state index is 0.252. The van der Waals surface area contributed by atoms with Crippen molar-refractivity contribution in [1.29, 1.82) is 0 Å². The maximum atomic E-state index is 5.70. The molecule has 1 rings (SSSR count). The summed E-state index contributed by atoms with van der Waals surface area (Å²) < 4.78 is 5.70. The van der Waals surface area contributed by atoms with Crippen molar-refractivity contribution in [2.24, 2.45) is 0 Å². The third-order valence-corrected chi connectivity index (χ3v) is 3.39. The summed E-state index contributed by atoms with van der Waals surface area (Å²) >= 11 is 0. The van der Waals surface area contributed by atoms with E-state index in [0.717, 1.165) is 25.8 Å². The van der Waals surface area contributed by atoms with E-state index in [1.54, 1.807) is 0 Å². The highest BCUT2D eigenvalue weighted by molar-refractivity contribution is 5.29. The summed E-state index contributed by atoms with van der Waals surface area (Å²) in [5, 5.41) is 3.64. The number of methoxy groups -OCH3 is 1. The van der Waals surface area contributed by atoms with Gasteiger partial charge in [-0.15, -0.1) is 0 Å². The number of benzene rings is 1. The van der Waals surface area contributed by atoms with Crippen LogP contribution in [0.3, 0.4) is 0 Å². The van der Waals surface area contributed by atoms with E-state index in [1.165, 1.54) is 11.1 Å². The first kappa shape index (κ1) is 15.2. The van der Waals surface area contributed by atoms with Crippen LogP contribution in [0, 0.1) is 6.92 Å². The van der Waals surface area contributed by atoms with Gasteiger partial charge in [0.25, 0.3) is 0 Å². The number of ether oxygens (including phenoxy) is 1. The molecular formula is C16H27NO. The van der Waals surface area contributed by atoms with Crippen molar-refractivity contribution in [3.05, 3.63) is 35.4 Å². The van der Waals surface area contributed by atoms with Crippen LogP contribution in [0.5, 0.6) is 0 Å². The molecule has 0 heterocycles. The molecule has 0 aliphatic heterocycles. The van der Waals surface area contributed by atoms with Gasteiger partial charge in [-0.25, -0.2) is 0 Å². The van der Waals surface area contributed by atoms with Crippen LogP contribution in [0.4, 0.5) is 0 Å². The molecule has 0 amide bonds. The Balaban J connectivity index is 2.92. The summed E-state index contributed by atoms with van der Waals surface area (Å²) in [6.45, 7) is 7.61. The van der Waals surface area contributed by atoms with E-state index in [4.69, 9.17) is 4.74 Å². The van der Waals surface area contributed by atoms with Crippen LogP contribution in [0.25, 0.3) is 0 Å². The first-order valence-electron chi connectivity index (χ1n) is 7.06. The van der Waals surface area contributed by atoms with E-state index in [1.807, 2.05) is 7.11 Å². The fraction of sp³-hybridized carbons (Fsp3) is 0.625. The van der Waals surface area contributed by atoms with E-state index < -0.39 is 0 Å². The number of hydrogen-bond donors (Lipinski definition) is 1. The zero-order valence-electron chi connectivity index (χ0n) is 12.2. The van der Waals surface area contributed by atoms with E-state index in [0.29, 0.717) is 6.04 Å². The van der Waals surface area contributed by atoms with Gasteiger partial charge in [-0.05, 0) is 37.4 Å². The largest absolute Gasteiger partial charge is 0.379 e. The first-order valence-corrected chi connectivity index (χ1v) is 7.06. The summed E-state index contributed by atoms with van der Waals surface area (Å²) in [5.74, 6) is 0. The number of hydrogen-bond acceptors (Lipinski definition) is 2. The van der Waals surface area contributed by atoms with Crippen molar-refractivity contribution in [3.8, 4) is 0 Å². The SMILES string of the molecule is CCCNC(c1ccccc1C)C(CCC)OC. The Hall–Kier alpha value is -0.860. The highest BCUT2D eigenvalue weighted by atomic mass is 16.5. The Morgan fingerprint density at radius 1 is 1.17 bits per heavy atom. The lowest BCUT2D eigenvalue weighted by Crippen LogP contribution is -2.34. The van der Waals surface area contributed by atoms with Crippen LogP contribution in [0.15, 0.2) is 24.3 Å². The van der Waals surface area contributed by atoms with Gasteiger partial charge in [0, 0.05) is 7.11 Å². The topological polar surface area (TPSA) is 21.3 Å². The Bertz CT molecular complexity index is 338. The summed E-state index contributed by atoms with van der Waals surface area (Å²) in [7, 11) is 1.82. The number of rotatable bonds is 8. The van der Waals surface area contributed by atoms with Crippen LogP contribution in [-0.2, 0) is 4.74 Å². The van der Waals surface area contributed by atoms with E-state index in [2.05, 4.69) is 50.4 Å². The van der Waals surface area contributed by atoms with Crippen molar-refractivity contribution < 1.29 is 4.74 Å². The molecule has 0 aliphatic rings. The second-order valence-electron chi connectivity index (χ2n) is 4.85. The van der Waals surface area contributed by atoms with Crippen LogP contribution < -0.4 is 5.32 Å². The Labute approximate surface area is 112 Å². The van der Waals surface area contributed by atoms with Gasteiger partial charge in [0.2, 0.25) is 0 Å². The van der Waals surface area contributed by atoms with Crippen LogP contribution in [0.2, 0.25) is 0 Å². The molecule has 102 valence electrons. The molecule has 0 saturated carbocycles. The Morgan fingerprint density at radius 2 is 1.89 bits per heavy atom. The maximum absolute atomic E-state index is 5.70.